The Bertz CT molecular complexity index is 725. The lowest BCUT2D eigenvalue weighted by molar-refractivity contribution is -0.117. The second-order valence-electron chi connectivity index (χ2n) is 6.34. The number of carbonyl (C=O) groups excluding carboxylic acids is 1. The molecule has 0 bridgehead atoms. The molecule has 1 amide bonds. The van der Waals surface area contributed by atoms with Crippen LogP contribution in [0.15, 0.2) is 41.3 Å². The first-order chi connectivity index (χ1) is 11.9. The van der Waals surface area contributed by atoms with Gasteiger partial charge < -0.3 is 5.32 Å². The smallest absolute Gasteiger partial charge is 0.238 e. The maximum Gasteiger partial charge on any atom is 0.238 e. The topological polar surface area (TPSA) is 32.3 Å². The van der Waals surface area contributed by atoms with E-state index in [9.17, 15) is 9.18 Å². The average molecular weight is 360 g/mol. The zero-order valence-corrected chi connectivity index (χ0v) is 16.0. The van der Waals surface area contributed by atoms with Crippen LogP contribution < -0.4 is 5.32 Å². The summed E-state index contributed by atoms with van der Waals surface area (Å²) in [6, 6.07) is 10.9. The highest BCUT2D eigenvalue weighted by Gasteiger charge is 2.11. The van der Waals surface area contributed by atoms with Gasteiger partial charge in [0, 0.05) is 22.9 Å². The van der Waals surface area contributed by atoms with Gasteiger partial charge in [0.25, 0.3) is 0 Å². The molecule has 0 unspecified atom stereocenters. The number of benzene rings is 2. The largest absolute Gasteiger partial charge is 0.324 e. The third kappa shape index (κ3) is 5.87. The molecule has 0 aromatic heterocycles. The molecule has 1 N–H and O–H groups in total. The van der Waals surface area contributed by atoms with Crippen LogP contribution >= 0.6 is 11.8 Å². The zero-order valence-electron chi connectivity index (χ0n) is 15.2. The number of hydrogen-bond acceptors (Lipinski definition) is 3. The van der Waals surface area contributed by atoms with E-state index >= 15 is 0 Å². The maximum atomic E-state index is 13.6. The molecule has 2 rings (SSSR count). The highest BCUT2D eigenvalue weighted by atomic mass is 32.2. The molecule has 2 aromatic carbocycles. The Hall–Kier alpha value is -1.85. The molecule has 0 spiro atoms. The first-order valence-electron chi connectivity index (χ1n) is 8.30. The van der Waals surface area contributed by atoms with Crippen LogP contribution in [0.3, 0.4) is 0 Å². The van der Waals surface area contributed by atoms with Gasteiger partial charge >= 0.3 is 0 Å². The quantitative estimate of drug-likeness (QED) is 0.742. The second-order valence-corrected chi connectivity index (χ2v) is 7.48. The minimum Gasteiger partial charge on any atom is -0.324 e. The number of nitrogens with one attached hydrogen (secondary N) is 1. The molecule has 0 radical (unpaired) electrons. The average Bonchev–Trinajstić information content (AvgIpc) is 2.52. The maximum absolute atomic E-state index is 13.6. The molecule has 25 heavy (non-hydrogen) atoms. The van der Waals surface area contributed by atoms with Crippen LogP contribution in [0.25, 0.3) is 0 Å². The molecule has 134 valence electrons. The summed E-state index contributed by atoms with van der Waals surface area (Å²) in [5.41, 5.74) is 4.23. The van der Waals surface area contributed by atoms with Gasteiger partial charge in [-0.05, 0) is 51.1 Å². The van der Waals surface area contributed by atoms with Crippen LogP contribution in [0.1, 0.15) is 16.7 Å². The van der Waals surface area contributed by atoms with Crippen molar-refractivity contribution in [3.05, 3.63) is 58.9 Å². The molecule has 2 aromatic rings. The zero-order chi connectivity index (χ0) is 18.4. The number of halogens is 1. The van der Waals surface area contributed by atoms with Crippen molar-refractivity contribution in [2.75, 3.05) is 31.2 Å². The standard InChI is InChI=1S/C20H25FN2OS/c1-14-11-15(2)20(16(3)12-14)22-19(24)13-23(4)9-10-25-18-8-6-5-7-17(18)21/h5-8,11-12H,9-10,13H2,1-4H3,(H,22,24). The molecule has 3 nitrogen and oxygen atoms in total. The Morgan fingerprint density at radius 2 is 1.80 bits per heavy atom. The van der Waals surface area contributed by atoms with E-state index in [0.29, 0.717) is 18.0 Å². The van der Waals surface area contributed by atoms with Gasteiger partial charge in [-0.2, -0.15) is 0 Å². The fraction of sp³-hybridized carbons (Fsp3) is 0.350. The van der Waals surface area contributed by atoms with Crippen LogP contribution in [0.4, 0.5) is 10.1 Å². The number of hydrogen-bond donors (Lipinski definition) is 1. The molecule has 0 aliphatic heterocycles. The van der Waals surface area contributed by atoms with E-state index in [4.69, 9.17) is 0 Å². The van der Waals surface area contributed by atoms with Crippen molar-refractivity contribution in [2.24, 2.45) is 0 Å². The number of amides is 1. The minimum atomic E-state index is -0.196. The van der Waals surface area contributed by atoms with Crippen molar-refractivity contribution in [3.63, 3.8) is 0 Å². The highest BCUT2D eigenvalue weighted by Crippen LogP contribution is 2.22. The first-order valence-corrected chi connectivity index (χ1v) is 9.29. The number of aryl methyl sites for hydroxylation is 3. The Labute approximate surface area is 153 Å². The van der Waals surface area contributed by atoms with E-state index < -0.39 is 0 Å². The molecule has 5 heteroatoms. The number of rotatable bonds is 7. The van der Waals surface area contributed by atoms with E-state index in [1.54, 1.807) is 12.1 Å². The molecule has 0 aliphatic carbocycles. The Kier molecular flexibility index (Phi) is 7.02. The highest BCUT2D eigenvalue weighted by molar-refractivity contribution is 7.99. The van der Waals surface area contributed by atoms with Gasteiger partial charge in [-0.25, -0.2) is 4.39 Å². The monoisotopic (exact) mass is 360 g/mol. The Morgan fingerprint density at radius 1 is 1.16 bits per heavy atom. The van der Waals surface area contributed by atoms with Gasteiger partial charge in [0.15, 0.2) is 0 Å². The van der Waals surface area contributed by atoms with Crippen LogP contribution in [-0.2, 0) is 4.79 Å². The fourth-order valence-corrected chi connectivity index (χ4v) is 3.76. The minimum absolute atomic E-state index is 0.0338. The number of carbonyl (C=O) groups is 1. The van der Waals surface area contributed by atoms with Crippen molar-refractivity contribution in [1.29, 1.82) is 0 Å². The van der Waals surface area contributed by atoms with E-state index in [0.717, 1.165) is 22.6 Å². The van der Waals surface area contributed by atoms with Gasteiger partial charge in [-0.3, -0.25) is 9.69 Å². The lowest BCUT2D eigenvalue weighted by Crippen LogP contribution is -2.32. The molecule has 0 fully saturated rings. The molecular formula is C20H25FN2OS. The first kappa shape index (κ1) is 19.5. The Morgan fingerprint density at radius 3 is 2.44 bits per heavy atom. The molecular weight excluding hydrogens is 335 g/mol. The van der Waals surface area contributed by atoms with Crippen molar-refractivity contribution in [3.8, 4) is 0 Å². The van der Waals surface area contributed by atoms with Gasteiger partial charge in [0.2, 0.25) is 5.91 Å². The molecule has 0 saturated carbocycles. The van der Waals surface area contributed by atoms with E-state index in [2.05, 4.69) is 17.4 Å². The van der Waals surface area contributed by atoms with E-state index in [-0.39, 0.29) is 11.7 Å². The molecule has 0 saturated heterocycles. The summed E-state index contributed by atoms with van der Waals surface area (Å²) in [6.07, 6.45) is 0. The number of anilines is 1. The summed E-state index contributed by atoms with van der Waals surface area (Å²) in [7, 11) is 1.90. The number of thioether (sulfide) groups is 1. The summed E-state index contributed by atoms with van der Waals surface area (Å²) in [5.74, 6) is 0.500. The molecule has 0 heterocycles. The number of likely N-dealkylation sites (N-methyl/N-ethyl adjacent to an activating group) is 1. The van der Waals surface area contributed by atoms with Crippen molar-refractivity contribution in [2.45, 2.75) is 25.7 Å². The number of nitrogens with zero attached hydrogens (tertiary/aromatic N) is 1. The summed E-state index contributed by atoms with van der Waals surface area (Å²) < 4.78 is 13.6. The predicted molar refractivity (Wildman–Crippen MR) is 104 cm³/mol. The Balaban J connectivity index is 1.81. The SMILES string of the molecule is Cc1cc(C)c(NC(=O)CN(C)CCSc2ccccc2F)c(C)c1. The summed E-state index contributed by atoms with van der Waals surface area (Å²) in [4.78, 5) is 14.9. The molecule has 0 aliphatic rings. The second kappa shape index (κ2) is 9.02. The fourth-order valence-electron chi connectivity index (χ4n) is 2.75. The van der Waals surface area contributed by atoms with Gasteiger partial charge in [-0.1, -0.05) is 29.8 Å². The summed E-state index contributed by atoms with van der Waals surface area (Å²) >= 11 is 1.46. The third-order valence-corrected chi connectivity index (χ3v) is 4.95. The summed E-state index contributed by atoms with van der Waals surface area (Å²) in [6.45, 7) is 7.07. The van der Waals surface area contributed by atoms with Crippen LogP contribution in [0.5, 0.6) is 0 Å². The third-order valence-electron chi connectivity index (χ3n) is 3.92. The van der Waals surface area contributed by atoms with Crippen molar-refractivity contribution >= 4 is 23.4 Å². The van der Waals surface area contributed by atoms with Crippen molar-refractivity contribution < 1.29 is 9.18 Å². The van der Waals surface area contributed by atoms with Gasteiger partial charge in [0.1, 0.15) is 5.82 Å². The van der Waals surface area contributed by atoms with Crippen molar-refractivity contribution in [1.82, 2.24) is 4.90 Å². The normalized spacial score (nSPS) is 11.0. The lowest BCUT2D eigenvalue weighted by atomic mass is 10.1. The van der Waals surface area contributed by atoms with Crippen LogP contribution in [-0.4, -0.2) is 36.7 Å². The van der Waals surface area contributed by atoms with Crippen LogP contribution in [0, 0.1) is 26.6 Å². The van der Waals surface area contributed by atoms with E-state index in [1.165, 1.54) is 23.4 Å². The predicted octanol–water partition coefficient (Wildman–Crippen LogP) is 4.41. The van der Waals surface area contributed by atoms with Crippen LogP contribution in [0.2, 0.25) is 0 Å². The van der Waals surface area contributed by atoms with Gasteiger partial charge in [0.05, 0.1) is 6.54 Å². The van der Waals surface area contributed by atoms with E-state index in [1.807, 2.05) is 38.8 Å². The summed E-state index contributed by atoms with van der Waals surface area (Å²) in [5, 5.41) is 3.01. The molecule has 0 atom stereocenters. The van der Waals surface area contributed by atoms with Gasteiger partial charge in [-0.15, -0.1) is 11.8 Å². The lowest BCUT2D eigenvalue weighted by Gasteiger charge is -2.18.